The van der Waals surface area contributed by atoms with Crippen molar-refractivity contribution < 1.29 is 9.53 Å². The van der Waals surface area contributed by atoms with Gasteiger partial charge in [0.1, 0.15) is 5.00 Å². The van der Waals surface area contributed by atoms with E-state index < -0.39 is 5.97 Å². The Balaban J connectivity index is 1.65. The number of fused-ring (bicyclic) bond motifs is 1. The number of carbonyl (C=O) groups excluding carboxylic acids is 1. The minimum Gasteiger partial charge on any atom is -0.461 e. The van der Waals surface area contributed by atoms with Crippen LogP contribution in [0.15, 0.2) is 24.4 Å². The van der Waals surface area contributed by atoms with E-state index in [1.54, 1.807) is 6.92 Å². The number of anilines is 1. The van der Waals surface area contributed by atoms with Crippen LogP contribution in [0.3, 0.4) is 0 Å². The number of esters is 1. The lowest BCUT2D eigenvalue weighted by molar-refractivity contribution is 0.0520. The van der Waals surface area contributed by atoms with Crippen LogP contribution in [-0.4, -0.2) is 33.7 Å². The fourth-order valence-corrected chi connectivity index (χ4v) is 3.50. The number of rotatable bonds is 9. The summed E-state index contributed by atoms with van der Waals surface area (Å²) in [4.78, 5) is 15.2. The maximum Gasteiger partial charge on any atom is 0.362 e. The molecule has 3 rings (SSSR count). The second-order valence-electron chi connectivity index (χ2n) is 6.15. The van der Waals surface area contributed by atoms with Crippen molar-refractivity contribution >= 4 is 33.4 Å². The van der Waals surface area contributed by atoms with Crippen molar-refractivity contribution in [1.82, 2.24) is 14.6 Å². The molecule has 2 aromatic heterocycles. The number of benzene rings is 1. The lowest BCUT2D eigenvalue weighted by Gasteiger charge is -2.05. The van der Waals surface area contributed by atoms with Gasteiger partial charge in [-0.25, -0.2) is 4.79 Å². The predicted octanol–water partition coefficient (Wildman–Crippen LogP) is 4.19. The van der Waals surface area contributed by atoms with E-state index in [1.807, 2.05) is 0 Å². The largest absolute Gasteiger partial charge is 0.461 e. The van der Waals surface area contributed by atoms with Crippen LogP contribution in [0.5, 0.6) is 0 Å². The summed E-state index contributed by atoms with van der Waals surface area (Å²) < 4.78 is 8.86. The number of unbranched alkanes of at least 4 members (excludes halogenated alkanes) is 1. The summed E-state index contributed by atoms with van der Waals surface area (Å²) >= 11 is 1.18. The molecule has 2 N–H and O–H groups in total. The van der Waals surface area contributed by atoms with E-state index in [9.17, 15) is 4.79 Å². The zero-order chi connectivity index (χ0) is 18.4. The van der Waals surface area contributed by atoms with Crippen LogP contribution < -0.4 is 5.32 Å². The zero-order valence-electron chi connectivity index (χ0n) is 15.2. The first-order chi connectivity index (χ1) is 12.7. The number of aryl methyl sites for hydroxylation is 1. The third kappa shape index (κ3) is 4.22. The van der Waals surface area contributed by atoms with E-state index in [1.165, 1.54) is 40.9 Å². The highest BCUT2D eigenvalue weighted by Gasteiger charge is 2.17. The van der Waals surface area contributed by atoms with Gasteiger partial charge in [-0.05, 0) is 49.4 Å². The van der Waals surface area contributed by atoms with E-state index in [0.717, 1.165) is 18.4 Å². The van der Waals surface area contributed by atoms with Crippen LogP contribution in [-0.2, 0) is 17.6 Å². The van der Waals surface area contributed by atoms with Crippen molar-refractivity contribution in [3.8, 4) is 0 Å². The second kappa shape index (κ2) is 8.80. The Morgan fingerprint density at radius 1 is 1.31 bits per heavy atom. The van der Waals surface area contributed by atoms with Crippen LogP contribution in [0.25, 0.3) is 10.9 Å². The number of nitrogens with one attached hydrogen (secondary N) is 2. The van der Waals surface area contributed by atoms with Gasteiger partial charge >= 0.3 is 5.97 Å². The SMILES string of the molecule is CCCCc1ccc2[nH]cc(CCNc3snnc3C(=O)OCC)c2c1. The average molecular weight is 372 g/mol. The Morgan fingerprint density at radius 2 is 2.19 bits per heavy atom. The average Bonchev–Trinajstić information content (AvgIpc) is 3.27. The van der Waals surface area contributed by atoms with Crippen LogP contribution >= 0.6 is 11.5 Å². The number of H-pyrrole nitrogens is 1. The van der Waals surface area contributed by atoms with Crippen molar-refractivity contribution in [2.75, 3.05) is 18.5 Å². The number of ether oxygens (including phenoxy) is 1. The number of carbonyl (C=O) groups is 1. The maximum atomic E-state index is 11.9. The molecule has 0 radical (unpaired) electrons. The zero-order valence-corrected chi connectivity index (χ0v) is 16.0. The summed E-state index contributed by atoms with van der Waals surface area (Å²) in [5.74, 6) is -0.434. The van der Waals surface area contributed by atoms with Gasteiger partial charge in [0.05, 0.1) is 6.61 Å². The molecular formula is C19H24N4O2S. The molecule has 0 amide bonds. The standard InChI is InChI=1S/C19H24N4O2S/c1-3-5-6-13-7-8-16-15(11-13)14(12-21-16)9-10-20-18-17(22-23-26-18)19(24)25-4-2/h7-8,11-12,20-21H,3-6,9-10H2,1-2H3. The molecule has 0 bridgehead atoms. The summed E-state index contributed by atoms with van der Waals surface area (Å²) in [6.07, 6.45) is 6.44. The fourth-order valence-electron chi connectivity index (χ4n) is 2.92. The first-order valence-electron chi connectivity index (χ1n) is 9.05. The van der Waals surface area contributed by atoms with Gasteiger partial charge in [0.2, 0.25) is 5.69 Å². The number of aromatic nitrogens is 3. The molecule has 3 aromatic rings. The van der Waals surface area contributed by atoms with Gasteiger partial charge in [-0.15, -0.1) is 5.10 Å². The predicted molar refractivity (Wildman–Crippen MR) is 105 cm³/mol. The van der Waals surface area contributed by atoms with E-state index in [0.29, 0.717) is 18.2 Å². The summed E-state index contributed by atoms with van der Waals surface area (Å²) in [6.45, 7) is 5.01. The Labute approximate surface area is 157 Å². The third-order valence-electron chi connectivity index (χ3n) is 4.29. The van der Waals surface area contributed by atoms with Crippen molar-refractivity contribution in [3.05, 3.63) is 41.2 Å². The van der Waals surface area contributed by atoms with E-state index >= 15 is 0 Å². The summed E-state index contributed by atoms with van der Waals surface area (Å²) in [5, 5.41) is 9.06. The second-order valence-corrected chi connectivity index (χ2v) is 6.90. The molecule has 0 unspecified atom stereocenters. The van der Waals surface area contributed by atoms with Crippen molar-refractivity contribution in [1.29, 1.82) is 0 Å². The molecular weight excluding hydrogens is 348 g/mol. The Morgan fingerprint density at radius 3 is 3.00 bits per heavy atom. The Bertz CT molecular complexity index is 871. The minimum absolute atomic E-state index is 0.262. The van der Waals surface area contributed by atoms with Crippen molar-refractivity contribution in [3.63, 3.8) is 0 Å². The van der Waals surface area contributed by atoms with Crippen LogP contribution in [0, 0.1) is 0 Å². The number of hydrogen-bond donors (Lipinski definition) is 2. The molecule has 138 valence electrons. The van der Waals surface area contributed by atoms with Crippen molar-refractivity contribution in [2.24, 2.45) is 0 Å². The summed E-state index contributed by atoms with van der Waals surface area (Å²) in [7, 11) is 0. The van der Waals surface area contributed by atoms with Crippen LogP contribution in [0.1, 0.15) is 48.3 Å². The molecule has 0 fully saturated rings. The van der Waals surface area contributed by atoms with Gasteiger partial charge in [-0.1, -0.05) is 23.9 Å². The fraction of sp³-hybridized carbons (Fsp3) is 0.421. The molecule has 7 heteroatoms. The van der Waals surface area contributed by atoms with Gasteiger partial charge in [0.25, 0.3) is 0 Å². The highest BCUT2D eigenvalue weighted by atomic mass is 32.1. The molecule has 6 nitrogen and oxygen atoms in total. The summed E-state index contributed by atoms with van der Waals surface area (Å²) in [5.41, 5.74) is 4.06. The van der Waals surface area contributed by atoms with Crippen LogP contribution in [0.4, 0.5) is 5.00 Å². The van der Waals surface area contributed by atoms with Crippen LogP contribution in [0.2, 0.25) is 0 Å². The normalized spacial score (nSPS) is 11.0. The first-order valence-corrected chi connectivity index (χ1v) is 9.82. The molecule has 0 spiro atoms. The lowest BCUT2D eigenvalue weighted by Crippen LogP contribution is -2.10. The molecule has 0 atom stereocenters. The van der Waals surface area contributed by atoms with Gasteiger partial charge in [-0.2, -0.15) is 0 Å². The molecule has 0 saturated carbocycles. The smallest absolute Gasteiger partial charge is 0.362 e. The van der Waals surface area contributed by atoms with Gasteiger partial charge < -0.3 is 15.0 Å². The molecule has 26 heavy (non-hydrogen) atoms. The molecule has 0 aliphatic rings. The molecule has 2 heterocycles. The third-order valence-corrected chi connectivity index (χ3v) is 4.97. The molecule has 0 aliphatic heterocycles. The van der Waals surface area contributed by atoms with Gasteiger partial charge in [0.15, 0.2) is 0 Å². The van der Waals surface area contributed by atoms with Crippen molar-refractivity contribution in [2.45, 2.75) is 39.5 Å². The van der Waals surface area contributed by atoms with E-state index in [4.69, 9.17) is 4.74 Å². The summed E-state index contributed by atoms with van der Waals surface area (Å²) in [6, 6.07) is 6.64. The van der Waals surface area contributed by atoms with E-state index in [2.05, 4.69) is 51.2 Å². The quantitative estimate of drug-likeness (QED) is 0.551. The Kier molecular flexibility index (Phi) is 6.22. The van der Waals surface area contributed by atoms with Gasteiger partial charge in [-0.3, -0.25) is 0 Å². The highest BCUT2D eigenvalue weighted by molar-refractivity contribution is 7.10. The first kappa shape index (κ1) is 18.4. The van der Waals surface area contributed by atoms with Gasteiger partial charge in [0, 0.05) is 35.2 Å². The molecule has 1 aromatic carbocycles. The highest BCUT2D eigenvalue weighted by Crippen LogP contribution is 2.23. The maximum absolute atomic E-state index is 11.9. The molecule has 0 saturated heterocycles. The number of aromatic amines is 1. The monoisotopic (exact) mass is 372 g/mol. The minimum atomic E-state index is -0.434. The topological polar surface area (TPSA) is 79.9 Å². The van der Waals surface area contributed by atoms with E-state index in [-0.39, 0.29) is 5.69 Å². The number of hydrogen-bond acceptors (Lipinski definition) is 6. The molecule has 0 aliphatic carbocycles. The Hall–Kier alpha value is -2.41. The lowest BCUT2D eigenvalue weighted by atomic mass is 10.0. The number of nitrogens with zero attached hydrogens (tertiary/aromatic N) is 2.